The second kappa shape index (κ2) is 3.82. The Morgan fingerprint density at radius 2 is 1.89 bits per heavy atom. The summed E-state index contributed by atoms with van der Waals surface area (Å²) in [6.45, 7) is 1.82. The Labute approximate surface area is 55.9 Å². The lowest BCUT2D eigenvalue weighted by molar-refractivity contribution is -0.0221. The molecule has 3 nitrogen and oxygen atoms in total. The van der Waals surface area contributed by atoms with Crippen molar-refractivity contribution in [1.29, 1.82) is 0 Å². The fourth-order valence-electron chi connectivity index (χ4n) is 0.603. The lowest BCUT2D eigenvalue weighted by Crippen LogP contribution is -2.35. The maximum Gasteiger partial charge on any atom is 0.111 e. The van der Waals surface area contributed by atoms with E-state index < -0.39 is 6.23 Å². The van der Waals surface area contributed by atoms with Crippen LogP contribution < -0.4 is 0 Å². The molecule has 0 saturated carbocycles. The van der Waals surface area contributed by atoms with Crippen molar-refractivity contribution in [1.82, 2.24) is 4.90 Å². The molecule has 0 aromatic rings. The molecule has 0 spiro atoms. The van der Waals surface area contributed by atoms with E-state index in [0.29, 0.717) is 0 Å². The van der Waals surface area contributed by atoms with E-state index in [0.717, 1.165) is 0 Å². The van der Waals surface area contributed by atoms with Gasteiger partial charge in [-0.2, -0.15) is 0 Å². The number of aliphatic hydroxyl groups excluding tert-OH is 2. The minimum Gasteiger partial charge on any atom is -0.396 e. The Morgan fingerprint density at radius 1 is 1.44 bits per heavy atom. The van der Waals surface area contributed by atoms with E-state index in [-0.39, 0.29) is 12.5 Å². The van der Waals surface area contributed by atoms with Gasteiger partial charge in [0.15, 0.2) is 0 Å². The van der Waals surface area contributed by atoms with Crippen LogP contribution in [0.3, 0.4) is 0 Å². The summed E-state index contributed by atoms with van der Waals surface area (Å²) in [7, 11) is 3.55. The van der Waals surface area contributed by atoms with Crippen molar-refractivity contribution in [3.8, 4) is 0 Å². The topological polar surface area (TPSA) is 43.7 Å². The fraction of sp³-hybridized carbons (Fsp3) is 1.00. The van der Waals surface area contributed by atoms with Crippen LogP contribution in [0.2, 0.25) is 0 Å². The number of aliphatic hydroxyl groups is 2. The number of nitrogens with zero attached hydrogens (tertiary/aromatic N) is 1. The zero-order valence-electron chi connectivity index (χ0n) is 6.20. The van der Waals surface area contributed by atoms with E-state index in [2.05, 4.69) is 0 Å². The lowest BCUT2D eigenvalue weighted by atomic mass is 10.1. The van der Waals surface area contributed by atoms with E-state index in [4.69, 9.17) is 10.2 Å². The van der Waals surface area contributed by atoms with Gasteiger partial charge in [-0.1, -0.05) is 6.92 Å². The van der Waals surface area contributed by atoms with Crippen molar-refractivity contribution >= 4 is 0 Å². The van der Waals surface area contributed by atoms with E-state index in [9.17, 15) is 0 Å². The fourth-order valence-corrected chi connectivity index (χ4v) is 0.603. The molecule has 2 N–H and O–H groups in total. The monoisotopic (exact) mass is 133 g/mol. The maximum absolute atomic E-state index is 9.16. The molecule has 0 saturated heterocycles. The molecule has 0 aliphatic rings. The third kappa shape index (κ3) is 2.79. The van der Waals surface area contributed by atoms with Gasteiger partial charge in [-0.25, -0.2) is 0 Å². The summed E-state index contributed by atoms with van der Waals surface area (Å²) in [6.07, 6.45) is -0.532. The minimum atomic E-state index is -0.532. The number of hydrogen-bond acceptors (Lipinski definition) is 3. The van der Waals surface area contributed by atoms with Gasteiger partial charge in [0.25, 0.3) is 0 Å². The molecule has 0 aliphatic carbocycles. The molecule has 0 aromatic carbocycles. The van der Waals surface area contributed by atoms with E-state index >= 15 is 0 Å². The highest BCUT2D eigenvalue weighted by Crippen LogP contribution is 2.02. The average molecular weight is 133 g/mol. The van der Waals surface area contributed by atoms with Crippen molar-refractivity contribution in [2.24, 2.45) is 5.92 Å². The second-order valence-electron chi connectivity index (χ2n) is 2.54. The molecule has 3 heteroatoms. The molecule has 2 unspecified atom stereocenters. The Balaban J connectivity index is 3.58. The third-order valence-electron chi connectivity index (χ3n) is 1.33. The number of rotatable bonds is 3. The smallest absolute Gasteiger partial charge is 0.111 e. The standard InChI is InChI=1S/C6H15NO2/c1-5(4-8)6(9)7(2)3/h5-6,8-9H,4H2,1-3H3. The van der Waals surface area contributed by atoms with Crippen molar-refractivity contribution in [3.63, 3.8) is 0 Å². The van der Waals surface area contributed by atoms with Crippen LogP contribution in [0.1, 0.15) is 6.92 Å². The normalized spacial score (nSPS) is 18.0. The van der Waals surface area contributed by atoms with Crippen molar-refractivity contribution < 1.29 is 10.2 Å². The summed E-state index contributed by atoms with van der Waals surface area (Å²) in [5.74, 6) is -0.0694. The largest absolute Gasteiger partial charge is 0.396 e. The first kappa shape index (κ1) is 8.88. The summed E-state index contributed by atoms with van der Waals surface area (Å²) in [5, 5.41) is 17.7. The third-order valence-corrected chi connectivity index (χ3v) is 1.33. The highest BCUT2D eigenvalue weighted by atomic mass is 16.3. The first-order valence-corrected chi connectivity index (χ1v) is 3.05. The Hall–Kier alpha value is -0.120. The SMILES string of the molecule is CC(CO)C(O)N(C)C. The summed E-state index contributed by atoms with van der Waals surface area (Å²) in [4.78, 5) is 1.67. The summed E-state index contributed by atoms with van der Waals surface area (Å²) < 4.78 is 0. The predicted octanol–water partition coefficient (Wildman–Crippen LogP) is -0.505. The van der Waals surface area contributed by atoms with Gasteiger partial charge in [-0.05, 0) is 14.1 Å². The quantitative estimate of drug-likeness (QED) is 0.510. The predicted molar refractivity (Wildman–Crippen MR) is 35.9 cm³/mol. The highest BCUT2D eigenvalue weighted by Gasteiger charge is 2.13. The maximum atomic E-state index is 9.16. The van der Waals surface area contributed by atoms with Gasteiger partial charge in [-0.3, -0.25) is 4.90 Å². The van der Waals surface area contributed by atoms with Crippen LogP contribution in [0.4, 0.5) is 0 Å². The summed E-state index contributed by atoms with van der Waals surface area (Å²) in [5.41, 5.74) is 0. The van der Waals surface area contributed by atoms with Crippen LogP contribution in [0.15, 0.2) is 0 Å². The molecule has 0 rings (SSSR count). The minimum absolute atomic E-state index is 0.0271. The lowest BCUT2D eigenvalue weighted by Gasteiger charge is -2.22. The van der Waals surface area contributed by atoms with Crippen molar-refractivity contribution in [2.75, 3.05) is 20.7 Å². The molecule has 2 atom stereocenters. The Morgan fingerprint density at radius 3 is 2.00 bits per heavy atom. The molecule has 56 valence electrons. The molecule has 0 radical (unpaired) electrons. The van der Waals surface area contributed by atoms with Crippen LogP contribution in [0, 0.1) is 5.92 Å². The number of hydrogen-bond donors (Lipinski definition) is 2. The highest BCUT2D eigenvalue weighted by molar-refractivity contribution is 4.58. The molecule has 0 amide bonds. The first-order valence-electron chi connectivity index (χ1n) is 3.05. The van der Waals surface area contributed by atoms with E-state index in [1.807, 2.05) is 0 Å². The average Bonchev–Trinajstić information content (AvgIpc) is 1.84. The van der Waals surface area contributed by atoms with Crippen LogP contribution >= 0.6 is 0 Å². The molecule has 0 fully saturated rings. The van der Waals surface area contributed by atoms with E-state index in [1.165, 1.54) is 0 Å². The van der Waals surface area contributed by atoms with Gasteiger partial charge in [0, 0.05) is 12.5 Å². The summed E-state index contributed by atoms with van der Waals surface area (Å²) >= 11 is 0. The molecular weight excluding hydrogens is 118 g/mol. The van der Waals surface area contributed by atoms with Crippen LogP contribution in [-0.4, -0.2) is 42.0 Å². The molecule has 0 bridgehead atoms. The molecule has 0 aromatic heterocycles. The van der Waals surface area contributed by atoms with Gasteiger partial charge >= 0.3 is 0 Å². The molecule has 0 heterocycles. The second-order valence-corrected chi connectivity index (χ2v) is 2.54. The van der Waals surface area contributed by atoms with Crippen LogP contribution in [0.5, 0.6) is 0 Å². The van der Waals surface area contributed by atoms with Crippen LogP contribution in [-0.2, 0) is 0 Å². The van der Waals surface area contributed by atoms with Crippen molar-refractivity contribution in [3.05, 3.63) is 0 Å². The molecule has 9 heavy (non-hydrogen) atoms. The Bertz CT molecular complexity index is 75.5. The zero-order valence-corrected chi connectivity index (χ0v) is 6.20. The first-order chi connectivity index (χ1) is 4.09. The molecular formula is C6H15NO2. The Kier molecular flexibility index (Phi) is 3.77. The van der Waals surface area contributed by atoms with Gasteiger partial charge in [0.05, 0.1) is 0 Å². The van der Waals surface area contributed by atoms with Crippen LogP contribution in [0.25, 0.3) is 0 Å². The zero-order chi connectivity index (χ0) is 7.44. The van der Waals surface area contributed by atoms with Gasteiger partial charge < -0.3 is 10.2 Å². The van der Waals surface area contributed by atoms with Crippen molar-refractivity contribution in [2.45, 2.75) is 13.2 Å². The van der Waals surface area contributed by atoms with Gasteiger partial charge in [-0.15, -0.1) is 0 Å². The van der Waals surface area contributed by atoms with E-state index in [1.54, 1.807) is 25.9 Å². The molecule has 0 aliphatic heterocycles. The van der Waals surface area contributed by atoms with Gasteiger partial charge in [0.2, 0.25) is 0 Å². The van der Waals surface area contributed by atoms with Gasteiger partial charge in [0.1, 0.15) is 6.23 Å². The summed E-state index contributed by atoms with van der Waals surface area (Å²) in [6, 6.07) is 0.